The lowest BCUT2D eigenvalue weighted by Gasteiger charge is -2.48. The molecular weight excluding hydrogens is 622 g/mol. The predicted octanol–water partition coefficient (Wildman–Crippen LogP) is 3.36. The van der Waals surface area contributed by atoms with Gasteiger partial charge in [-0.05, 0) is 73.3 Å². The van der Waals surface area contributed by atoms with Gasteiger partial charge in [0.15, 0.2) is 12.6 Å². The molecule has 3 rings (SSSR count). The average molecular weight is 688 g/mol. The van der Waals surface area contributed by atoms with E-state index < -0.39 is 84.1 Å². The van der Waals surface area contributed by atoms with Gasteiger partial charge < -0.3 is 49.1 Å². The molecule has 0 aromatic rings. The number of carbonyl (C=O) groups excluding carboxylic acids is 2. The fourth-order valence-corrected chi connectivity index (χ4v) is 8.21. The van der Waals surface area contributed by atoms with Crippen molar-refractivity contribution in [1.82, 2.24) is 5.32 Å². The van der Waals surface area contributed by atoms with Crippen LogP contribution in [0.25, 0.3) is 0 Å². The van der Waals surface area contributed by atoms with Crippen molar-refractivity contribution in [3.8, 4) is 0 Å². The summed E-state index contributed by atoms with van der Waals surface area (Å²) in [5.41, 5.74) is -2.61. The van der Waals surface area contributed by atoms with Gasteiger partial charge in [-0.2, -0.15) is 0 Å². The first kappa shape index (κ1) is 41.2. The predicted molar refractivity (Wildman–Crippen MR) is 179 cm³/mol. The highest BCUT2D eigenvalue weighted by molar-refractivity contribution is 5.83. The number of aliphatic hydroxyl groups is 3. The van der Waals surface area contributed by atoms with Gasteiger partial charge in [0, 0.05) is 37.3 Å². The van der Waals surface area contributed by atoms with Gasteiger partial charge in [-0.25, -0.2) is 0 Å². The Morgan fingerprint density at radius 1 is 0.938 bits per heavy atom. The maximum absolute atomic E-state index is 14.0. The molecule has 0 spiro atoms. The minimum atomic E-state index is -1.63. The minimum absolute atomic E-state index is 0.00718. The van der Waals surface area contributed by atoms with Gasteiger partial charge in [0.25, 0.3) is 0 Å². The summed E-state index contributed by atoms with van der Waals surface area (Å²) >= 11 is 0. The van der Waals surface area contributed by atoms with Crippen LogP contribution in [0, 0.1) is 29.6 Å². The third-order valence-electron chi connectivity index (χ3n) is 11.3. The van der Waals surface area contributed by atoms with Crippen molar-refractivity contribution in [2.75, 3.05) is 14.2 Å². The highest BCUT2D eigenvalue weighted by atomic mass is 16.7. The zero-order valence-electron chi connectivity index (χ0n) is 31.3. The number of esters is 1. The van der Waals surface area contributed by atoms with Crippen molar-refractivity contribution < 1.29 is 53.3 Å². The number of hydrogen-bond acceptors (Lipinski definition) is 12. The number of hydrogen-bond donors (Lipinski definition) is 4. The SMILES string of the molecule is CC[C@H]1OC(=O)[C@H](C)[C@@H](O[C@H]2C[C@@](C)(OC)[C@@H](O)[C@H](C)O2)[C@H](C)[C@@H](O[C@@H]2O[C@H](C)C[C@H](NC)[C@H]2O)[C@](C)(O)C[C@@H](C)C(=O)[C@H](C)C[C@H]1C. The number of methoxy groups -OCH3 is 1. The quantitative estimate of drug-likeness (QED) is 0.289. The molecule has 48 heavy (non-hydrogen) atoms. The van der Waals surface area contributed by atoms with Crippen LogP contribution in [0.2, 0.25) is 0 Å². The summed E-state index contributed by atoms with van der Waals surface area (Å²) in [6, 6.07) is -0.317. The molecule has 12 heteroatoms. The molecule has 12 nitrogen and oxygen atoms in total. The molecule has 3 aliphatic rings. The van der Waals surface area contributed by atoms with Gasteiger partial charge in [-0.3, -0.25) is 9.59 Å². The van der Waals surface area contributed by atoms with Crippen molar-refractivity contribution in [1.29, 1.82) is 0 Å². The van der Waals surface area contributed by atoms with E-state index >= 15 is 0 Å². The molecule has 0 bridgehead atoms. The number of cyclic esters (lactones) is 1. The summed E-state index contributed by atoms with van der Waals surface area (Å²) < 4.78 is 37.3. The summed E-state index contributed by atoms with van der Waals surface area (Å²) in [7, 11) is 3.28. The highest BCUT2D eigenvalue weighted by Gasteiger charge is 2.51. The zero-order chi connectivity index (χ0) is 36.3. The maximum Gasteiger partial charge on any atom is 0.311 e. The van der Waals surface area contributed by atoms with Crippen molar-refractivity contribution >= 4 is 11.8 Å². The van der Waals surface area contributed by atoms with E-state index in [2.05, 4.69) is 5.32 Å². The monoisotopic (exact) mass is 687 g/mol. The molecule has 4 N–H and O–H groups in total. The van der Waals surface area contributed by atoms with E-state index in [1.807, 2.05) is 41.5 Å². The lowest BCUT2D eigenvalue weighted by molar-refractivity contribution is -0.315. The molecule has 3 heterocycles. The molecule has 0 aromatic heterocycles. The van der Waals surface area contributed by atoms with Gasteiger partial charge in [0.05, 0.1) is 41.5 Å². The van der Waals surface area contributed by atoms with E-state index in [1.165, 1.54) is 7.11 Å². The molecule has 17 atom stereocenters. The summed E-state index contributed by atoms with van der Waals surface area (Å²) in [6.07, 6.45) is -5.36. The van der Waals surface area contributed by atoms with E-state index in [0.29, 0.717) is 19.3 Å². The van der Waals surface area contributed by atoms with E-state index in [9.17, 15) is 24.9 Å². The number of nitrogens with one attached hydrogen (secondary N) is 1. The smallest absolute Gasteiger partial charge is 0.311 e. The van der Waals surface area contributed by atoms with Gasteiger partial charge >= 0.3 is 5.97 Å². The van der Waals surface area contributed by atoms with Crippen LogP contribution >= 0.6 is 0 Å². The van der Waals surface area contributed by atoms with Crippen LogP contribution in [0.4, 0.5) is 0 Å². The molecule has 0 saturated carbocycles. The summed E-state index contributed by atoms with van der Waals surface area (Å²) in [6.45, 7) is 18.2. The Kier molecular flexibility index (Phi) is 14.5. The number of aliphatic hydroxyl groups excluding tert-OH is 2. The molecule has 0 amide bonds. The lowest BCUT2D eigenvalue weighted by Crippen LogP contribution is -2.60. The molecule has 3 aliphatic heterocycles. The summed E-state index contributed by atoms with van der Waals surface area (Å²) in [4.78, 5) is 27.7. The second-order valence-corrected chi connectivity index (χ2v) is 15.5. The molecule has 280 valence electrons. The number of Topliss-reactive ketones (excluding diaryl/α,β-unsaturated/α-hetero) is 1. The Balaban J connectivity index is 2.12. The minimum Gasteiger partial charge on any atom is -0.462 e. The molecule has 0 radical (unpaired) electrons. The van der Waals surface area contributed by atoms with E-state index in [0.717, 1.165) is 0 Å². The van der Waals surface area contributed by atoms with Crippen molar-refractivity contribution in [2.45, 2.75) is 174 Å². The van der Waals surface area contributed by atoms with E-state index in [1.54, 1.807) is 34.7 Å². The van der Waals surface area contributed by atoms with Crippen LogP contribution in [0.5, 0.6) is 0 Å². The van der Waals surface area contributed by atoms with Crippen molar-refractivity contribution in [3.63, 3.8) is 0 Å². The number of rotatable bonds is 7. The molecule has 3 fully saturated rings. The third kappa shape index (κ3) is 9.36. The van der Waals surface area contributed by atoms with Gasteiger partial charge in [0.1, 0.15) is 24.1 Å². The summed E-state index contributed by atoms with van der Waals surface area (Å²) in [5, 5.41) is 37.6. The number of ether oxygens (including phenoxy) is 6. The Bertz CT molecular complexity index is 1060. The first-order valence-corrected chi connectivity index (χ1v) is 18.0. The third-order valence-corrected chi connectivity index (χ3v) is 11.3. The van der Waals surface area contributed by atoms with Crippen LogP contribution in [0.3, 0.4) is 0 Å². The second-order valence-electron chi connectivity index (χ2n) is 15.5. The maximum atomic E-state index is 14.0. The Labute approximate surface area is 287 Å². The second kappa shape index (κ2) is 16.9. The number of ketones is 1. The molecule has 0 unspecified atom stereocenters. The Morgan fingerprint density at radius 3 is 2.17 bits per heavy atom. The molecular formula is C36H65NO11. The zero-order valence-corrected chi connectivity index (χ0v) is 31.3. The van der Waals surface area contributed by atoms with Crippen molar-refractivity contribution in [3.05, 3.63) is 0 Å². The fourth-order valence-electron chi connectivity index (χ4n) is 8.21. The highest BCUT2D eigenvalue weighted by Crippen LogP contribution is 2.40. The van der Waals surface area contributed by atoms with Gasteiger partial charge in [-0.15, -0.1) is 0 Å². The largest absolute Gasteiger partial charge is 0.462 e. The molecule has 0 aliphatic carbocycles. The number of likely N-dealkylation sites (N-methyl/N-ethyl adjacent to an activating group) is 1. The van der Waals surface area contributed by atoms with Crippen molar-refractivity contribution in [2.24, 2.45) is 29.6 Å². The first-order chi connectivity index (χ1) is 22.3. The average Bonchev–Trinajstić information content (AvgIpc) is 3.02. The Morgan fingerprint density at radius 2 is 1.58 bits per heavy atom. The first-order valence-electron chi connectivity index (χ1n) is 18.0. The summed E-state index contributed by atoms with van der Waals surface area (Å²) in [5.74, 6) is -2.95. The van der Waals surface area contributed by atoms with Gasteiger partial charge in [0.2, 0.25) is 0 Å². The molecule has 3 saturated heterocycles. The van der Waals surface area contributed by atoms with Crippen LogP contribution in [-0.2, 0) is 38.0 Å². The normalized spacial score (nSPS) is 48.9. The fraction of sp³-hybridized carbons (Fsp3) is 0.944. The van der Waals surface area contributed by atoms with Gasteiger partial charge in [-0.1, -0.05) is 34.6 Å². The topological polar surface area (TPSA) is 162 Å². The number of carbonyl (C=O) groups is 2. The standard InChI is InChI=1S/C36H65NO11/c1-13-26-18(2)14-19(3)28(38)20(4)16-35(9,42)32(48-34-29(39)25(37-11)15-21(5)44-34)22(6)30(23(7)33(41)46-26)47-27-17-36(10,43-12)31(40)24(8)45-27/h18-27,29-32,34,37,39-40,42H,13-17H2,1-12H3/t18-,19-,20-,21-,22+,23-,24+,25+,26-,27+,29-,30+,31+,32-,34+,35-,36-/m1/s1. The van der Waals surface area contributed by atoms with Crippen LogP contribution in [0.1, 0.15) is 101 Å². The van der Waals surface area contributed by atoms with E-state index in [4.69, 9.17) is 28.4 Å². The Hall–Kier alpha value is -1.22. The van der Waals surface area contributed by atoms with Crippen LogP contribution in [0.15, 0.2) is 0 Å². The lowest BCUT2D eigenvalue weighted by atomic mass is 9.75. The van der Waals surface area contributed by atoms with Crippen LogP contribution < -0.4 is 5.32 Å². The molecule has 0 aromatic carbocycles. The van der Waals surface area contributed by atoms with E-state index in [-0.39, 0.29) is 42.6 Å². The van der Waals surface area contributed by atoms with Crippen LogP contribution in [-0.4, -0.2) is 114 Å².